The Balaban J connectivity index is 1.32. The Bertz CT molecular complexity index is 1080. The molecule has 1 fully saturated rings. The molecule has 5 rings (SSSR count). The zero-order chi connectivity index (χ0) is 20.5. The van der Waals surface area contributed by atoms with E-state index in [0.29, 0.717) is 31.2 Å². The van der Waals surface area contributed by atoms with Crippen LogP contribution < -0.4 is 5.56 Å². The van der Waals surface area contributed by atoms with Crippen LogP contribution in [0.3, 0.4) is 0 Å². The van der Waals surface area contributed by atoms with E-state index in [9.17, 15) is 9.59 Å². The van der Waals surface area contributed by atoms with Crippen LogP contribution in [-0.2, 0) is 19.5 Å². The van der Waals surface area contributed by atoms with Crippen molar-refractivity contribution in [2.45, 2.75) is 38.3 Å². The number of fused-ring (bicyclic) bond motifs is 1. The summed E-state index contributed by atoms with van der Waals surface area (Å²) in [5, 5.41) is 8.69. The SMILES string of the molecule is O=C(c1ccn[nH]1)N1CCC[C@H](c2nc3c(c(=O)[nH]2)CN(Cc2cccs2)CC3)C1. The molecule has 0 saturated carbocycles. The molecule has 0 spiro atoms. The minimum absolute atomic E-state index is 0.0390. The van der Waals surface area contributed by atoms with Gasteiger partial charge in [-0.3, -0.25) is 19.6 Å². The van der Waals surface area contributed by atoms with Crippen LogP contribution in [-0.4, -0.2) is 55.5 Å². The molecule has 156 valence electrons. The number of hydrogen-bond donors (Lipinski definition) is 2. The van der Waals surface area contributed by atoms with E-state index >= 15 is 0 Å². The summed E-state index contributed by atoms with van der Waals surface area (Å²) in [4.78, 5) is 38.8. The van der Waals surface area contributed by atoms with Gasteiger partial charge in [0.05, 0.1) is 11.3 Å². The van der Waals surface area contributed by atoms with E-state index in [0.717, 1.165) is 43.6 Å². The van der Waals surface area contributed by atoms with Gasteiger partial charge in [0.1, 0.15) is 11.5 Å². The first-order valence-electron chi connectivity index (χ1n) is 10.3. The zero-order valence-corrected chi connectivity index (χ0v) is 17.5. The Morgan fingerprint density at radius 3 is 3.03 bits per heavy atom. The number of hydrogen-bond acceptors (Lipinski definition) is 6. The number of likely N-dealkylation sites (tertiary alicyclic amines) is 1. The zero-order valence-electron chi connectivity index (χ0n) is 16.6. The number of aromatic nitrogens is 4. The molecule has 0 radical (unpaired) electrons. The van der Waals surface area contributed by atoms with Gasteiger partial charge < -0.3 is 9.88 Å². The lowest BCUT2D eigenvalue weighted by atomic mass is 9.96. The molecule has 2 aliphatic rings. The average molecular weight is 425 g/mol. The molecule has 2 N–H and O–H groups in total. The molecule has 0 unspecified atom stereocenters. The summed E-state index contributed by atoms with van der Waals surface area (Å²) in [5.41, 5.74) is 2.15. The van der Waals surface area contributed by atoms with Crippen molar-refractivity contribution in [3.63, 3.8) is 0 Å². The van der Waals surface area contributed by atoms with Crippen LogP contribution in [0.4, 0.5) is 0 Å². The fraction of sp³-hybridized carbons (Fsp3) is 0.429. The van der Waals surface area contributed by atoms with Crippen LogP contribution in [0.2, 0.25) is 0 Å². The second kappa shape index (κ2) is 8.16. The van der Waals surface area contributed by atoms with Crippen LogP contribution in [0.15, 0.2) is 34.6 Å². The minimum atomic E-state index is -0.0540. The molecule has 8 nitrogen and oxygen atoms in total. The summed E-state index contributed by atoms with van der Waals surface area (Å²) in [6.45, 7) is 3.66. The lowest BCUT2D eigenvalue weighted by Gasteiger charge is -2.33. The van der Waals surface area contributed by atoms with Crippen molar-refractivity contribution in [2.75, 3.05) is 19.6 Å². The molecule has 1 saturated heterocycles. The quantitative estimate of drug-likeness (QED) is 0.669. The number of rotatable bonds is 4. The van der Waals surface area contributed by atoms with Gasteiger partial charge in [-0.25, -0.2) is 4.98 Å². The summed E-state index contributed by atoms with van der Waals surface area (Å²) in [6.07, 6.45) is 4.17. The fourth-order valence-electron chi connectivity index (χ4n) is 4.38. The van der Waals surface area contributed by atoms with Gasteiger partial charge in [0, 0.05) is 56.1 Å². The van der Waals surface area contributed by atoms with Crippen molar-refractivity contribution in [1.29, 1.82) is 0 Å². The van der Waals surface area contributed by atoms with E-state index in [4.69, 9.17) is 4.98 Å². The normalized spacial score (nSPS) is 19.6. The summed E-state index contributed by atoms with van der Waals surface area (Å²) in [5.74, 6) is 0.710. The maximum atomic E-state index is 12.9. The first-order chi connectivity index (χ1) is 14.7. The number of nitrogens with one attached hydrogen (secondary N) is 2. The molecule has 0 aliphatic carbocycles. The average Bonchev–Trinajstić information content (AvgIpc) is 3.48. The summed E-state index contributed by atoms with van der Waals surface area (Å²) >= 11 is 1.74. The lowest BCUT2D eigenvalue weighted by molar-refractivity contribution is 0.0698. The number of nitrogens with zero attached hydrogens (tertiary/aromatic N) is 4. The molecular weight excluding hydrogens is 400 g/mol. The maximum Gasteiger partial charge on any atom is 0.271 e. The van der Waals surface area contributed by atoms with Crippen LogP contribution in [0.25, 0.3) is 0 Å². The smallest absolute Gasteiger partial charge is 0.271 e. The van der Waals surface area contributed by atoms with Gasteiger partial charge >= 0.3 is 0 Å². The number of H-pyrrole nitrogens is 2. The Morgan fingerprint density at radius 1 is 1.30 bits per heavy atom. The standard InChI is InChI=1S/C21H24N6O2S/c28-20-16-13-26(12-15-4-2-10-30-15)9-6-17(16)23-19(24-20)14-3-1-8-27(11-14)21(29)18-5-7-22-25-18/h2,4-5,7,10,14H,1,3,6,8-9,11-13H2,(H,22,25)(H,23,24,28)/t14-/m0/s1. The summed E-state index contributed by atoms with van der Waals surface area (Å²) in [7, 11) is 0. The molecule has 3 aromatic heterocycles. The van der Waals surface area contributed by atoms with Crippen LogP contribution in [0.5, 0.6) is 0 Å². The van der Waals surface area contributed by atoms with Crippen molar-refractivity contribution in [3.05, 3.63) is 67.8 Å². The van der Waals surface area contributed by atoms with E-state index in [1.807, 2.05) is 4.90 Å². The molecular formula is C21H24N6O2S. The van der Waals surface area contributed by atoms with Crippen molar-refractivity contribution in [1.82, 2.24) is 30.0 Å². The molecule has 30 heavy (non-hydrogen) atoms. The third kappa shape index (κ3) is 3.82. The topological polar surface area (TPSA) is 98.0 Å². The second-order valence-corrected chi connectivity index (χ2v) is 9.01. The van der Waals surface area contributed by atoms with E-state index in [1.165, 1.54) is 4.88 Å². The van der Waals surface area contributed by atoms with Crippen molar-refractivity contribution in [2.24, 2.45) is 0 Å². The van der Waals surface area contributed by atoms with Gasteiger partial charge in [-0.15, -0.1) is 11.3 Å². The Labute approximate surface area is 178 Å². The molecule has 2 aliphatic heterocycles. The van der Waals surface area contributed by atoms with Gasteiger partial charge in [0.25, 0.3) is 11.5 Å². The molecule has 3 aromatic rings. The van der Waals surface area contributed by atoms with Gasteiger partial charge in [0.15, 0.2) is 0 Å². The molecule has 1 atom stereocenters. The molecule has 1 amide bonds. The number of amides is 1. The highest BCUT2D eigenvalue weighted by Crippen LogP contribution is 2.26. The number of thiophene rings is 1. The number of piperidine rings is 1. The Morgan fingerprint density at radius 2 is 2.23 bits per heavy atom. The highest BCUT2D eigenvalue weighted by molar-refractivity contribution is 7.09. The first kappa shape index (κ1) is 19.2. The third-order valence-corrected chi connectivity index (χ3v) is 6.81. The van der Waals surface area contributed by atoms with Crippen molar-refractivity contribution < 1.29 is 4.79 Å². The monoisotopic (exact) mass is 424 g/mol. The van der Waals surface area contributed by atoms with Crippen LogP contribution >= 0.6 is 11.3 Å². The third-order valence-electron chi connectivity index (χ3n) is 5.95. The molecule has 0 bridgehead atoms. The predicted molar refractivity (Wildman–Crippen MR) is 113 cm³/mol. The molecule has 5 heterocycles. The highest BCUT2D eigenvalue weighted by Gasteiger charge is 2.29. The Kier molecular flexibility index (Phi) is 5.22. The predicted octanol–water partition coefficient (Wildman–Crippen LogP) is 2.13. The largest absolute Gasteiger partial charge is 0.337 e. The number of aromatic amines is 2. The molecule has 9 heteroatoms. The number of carbonyl (C=O) groups excluding carboxylic acids is 1. The number of carbonyl (C=O) groups is 1. The summed E-state index contributed by atoms with van der Waals surface area (Å²) in [6, 6.07) is 5.88. The van der Waals surface area contributed by atoms with Crippen molar-refractivity contribution >= 4 is 17.2 Å². The lowest BCUT2D eigenvalue weighted by Crippen LogP contribution is -2.41. The summed E-state index contributed by atoms with van der Waals surface area (Å²) < 4.78 is 0. The van der Waals surface area contributed by atoms with E-state index in [-0.39, 0.29) is 17.4 Å². The molecule has 0 aromatic carbocycles. The van der Waals surface area contributed by atoms with Crippen LogP contribution in [0.1, 0.15) is 51.2 Å². The first-order valence-corrected chi connectivity index (χ1v) is 11.2. The van der Waals surface area contributed by atoms with E-state index in [2.05, 4.69) is 37.6 Å². The highest BCUT2D eigenvalue weighted by atomic mass is 32.1. The fourth-order valence-corrected chi connectivity index (χ4v) is 5.13. The van der Waals surface area contributed by atoms with Crippen LogP contribution in [0, 0.1) is 0 Å². The van der Waals surface area contributed by atoms with Gasteiger partial charge in [0.2, 0.25) is 0 Å². The van der Waals surface area contributed by atoms with Gasteiger partial charge in [-0.05, 0) is 30.4 Å². The second-order valence-electron chi connectivity index (χ2n) is 7.98. The Hall–Kier alpha value is -2.78. The van der Waals surface area contributed by atoms with E-state index < -0.39 is 0 Å². The van der Waals surface area contributed by atoms with E-state index in [1.54, 1.807) is 23.6 Å². The van der Waals surface area contributed by atoms with Crippen molar-refractivity contribution in [3.8, 4) is 0 Å². The minimum Gasteiger partial charge on any atom is -0.337 e. The maximum absolute atomic E-state index is 12.9. The van der Waals surface area contributed by atoms with Gasteiger partial charge in [-0.1, -0.05) is 6.07 Å². The van der Waals surface area contributed by atoms with Gasteiger partial charge in [-0.2, -0.15) is 5.10 Å².